The predicted molar refractivity (Wildman–Crippen MR) is 41.6 cm³/mol. The normalized spacial score (nSPS) is 31.6. The van der Waals surface area contributed by atoms with Gasteiger partial charge < -0.3 is 4.79 Å². The summed E-state index contributed by atoms with van der Waals surface area (Å²) in [4.78, 5) is 10.4. The van der Waals surface area contributed by atoms with E-state index in [-0.39, 0.29) is 5.92 Å². The Kier molecular flexibility index (Phi) is 2.43. The highest BCUT2D eigenvalue weighted by molar-refractivity contribution is 5.55. The second-order valence-corrected chi connectivity index (χ2v) is 2.64. The fourth-order valence-corrected chi connectivity index (χ4v) is 1.28. The molecule has 54 valence electrons. The van der Waals surface area contributed by atoms with Crippen LogP contribution in [0.2, 0.25) is 0 Å². The van der Waals surface area contributed by atoms with Gasteiger partial charge in [-0.15, -0.1) is 6.58 Å². The lowest BCUT2D eigenvalue weighted by Crippen LogP contribution is -2.15. The highest BCUT2D eigenvalue weighted by Crippen LogP contribution is 2.23. The van der Waals surface area contributed by atoms with Crippen LogP contribution in [0.15, 0.2) is 24.8 Å². The van der Waals surface area contributed by atoms with E-state index in [0.717, 1.165) is 19.1 Å². The van der Waals surface area contributed by atoms with E-state index in [2.05, 4.69) is 18.7 Å². The van der Waals surface area contributed by atoms with Gasteiger partial charge in [0.25, 0.3) is 0 Å². The molecule has 0 aliphatic heterocycles. The molecule has 1 aliphatic carbocycles. The Bertz CT molecular complexity index is 140. The van der Waals surface area contributed by atoms with Crippen molar-refractivity contribution < 1.29 is 4.79 Å². The quantitative estimate of drug-likeness (QED) is 0.419. The average molecular weight is 136 g/mol. The minimum atomic E-state index is 0.183. The van der Waals surface area contributed by atoms with Crippen molar-refractivity contribution in [2.45, 2.75) is 12.8 Å². The molecule has 0 saturated carbocycles. The van der Waals surface area contributed by atoms with Crippen molar-refractivity contribution in [2.75, 3.05) is 0 Å². The molecule has 0 heterocycles. The lowest BCUT2D eigenvalue weighted by molar-refractivity contribution is -0.112. The summed E-state index contributed by atoms with van der Waals surface area (Å²) in [5.41, 5.74) is 0. The van der Waals surface area contributed by atoms with Crippen LogP contribution in [0.1, 0.15) is 12.8 Å². The van der Waals surface area contributed by atoms with Gasteiger partial charge in [-0.25, -0.2) is 0 Å². The van der Waals surface area contributed by atoms with Gasteiger partial charge in [-0.05, 0) is 18.8 Å². The number of carbonyl (C=O) groups is 1. The number of hydrogen-bond donors (Lipinski definition) is 0. The molecule has 0 N–H and O–H groups in total. The van der Waals surface area contributed by atoms with Gasteiger partial charge in [0.2, 0.25) is 0 Å². The maximum atomic E-state index is 10.4. The fraction of sp³-hybridized carbons (Fsp3) is 0.444. The number of allylic oxidation sites excluding steroid dienone is 3. The maximum Gasteiger partial charge on any atom is 0.123 e. The Morgan fingerprint density at radius 1 is 1.30 bits per heavy atom. The minimum absolute atomic E-state index is 0.183. The van der Waals surface area contributed by atoms with E-state index >= 15 is 0 Å². The van der Waals surface area contributed by atoms with Gasteiger partial charge in [-0.1, -0.05) is 18.2 Å². The first-order valence-corrected chi connectivity index (χ1v) is 3.61. The second kappa shape index (κ2) is 3.35. The van der Waals surface area contributed by atoms with Crippen LogP contribution in [-0.2, 0) is 4.79 Å². The van der Waals surface area contributed by atoms with Crippen LogP contribution < -0.4 is 0 Å². The monoisotopic (exact) mass is 136 g/mol. The highest BCUT2D eigenvalue weighted by atomic mass is 16.1. The molecule has 10 heavy (non-hydrogen) atoms. The van der Waals surface area contributed by atoms with Gasteiger partial charge in [0.15, 0.2) is 0 Å². The van der Waals surface area contributed by atoms with Crippen LogP contribution in [0.25, 0.3) is 0 Å². The maximum absolute atomic E-state index is 10.4. The minimum Gasteiger partial charge on any atom is -0.303 e. The molecule has 0 radical (unpaired) electrons. The van der Waals surface area contributed by atoms with Crippen LogP contribution in [-0.4, -0.2) is 6.29 Å². The van der Waals surface area contributed by atoms with Crippen molar-refractivity contribution in [1.82, 2.24) is 0 Å². The zero-order chi connectivity index (χ0) is 7.40. The smallest absolute Gasteiger partial charge is 0.123 e. The Morgan fingerprint density at radius 2 is 1.90 bits per heavy atom. The summed E-state index contributed by atoms with van der Waals surface area (Å²) in [6.07, 6.45) is 8.97. The van der Waals surface area contributed by atoms with Gasteiger partial charge in [-0.2, -0.15) is 0 Å². The van der Waals surface area contributed by atoms with Crippen molar-refractivity contribution in [1.29, 1.82) is 0 Å². The van der Waals surface area contributed by atoms with E-state index in [0.29, 0.717) is 5.92 Å². The molecule has 1 aliphatic rings. The zero-order valence-corrected chi connectivity index (χ0v) is 5.99. The molecular weight excluding hydrogens is 124 g/mol. The van der Waals surface area contributed by atoms with Crippen molar-refractivity contribution >= 4 is 6.29 Å². The number of rotatable bonds is 2. The first kappa shape index (κ1) is 7.26. The van der Waals surface area contributed by atoms with Crippen LogP contribution in [0.3, 0.4) is 0 Å². The molecule has 0 fully saturated rings. The first-order valence-electron chi connectivity index (χ1n) is 3.61. The second-order valence-electron chi connectivity index (χ2n) is 2.64. The van der Waals surface area contributed by atoms with Gasteiger partial charge in [0.05, 0.1) is 0 Å². The summed E-state index contributed by atoms with van der Waals surface area (Å²) < 4.78 is 0. The molecule has 1 heteroatoms. The Hall–Kier alpha value is -0.850. The summed E-state index contributed by atoms with van der Waals surface area (Å²) in [7, 11) is 0. The zero-order valence-electron chi connectivity index (χ0n) is 5.99. The highest BCUT2D eigenvalue weighted by Gasteiger charge is 2.17. The lowest BCUT2D eigenvalue weighted by Gasteiger charge is -2.19. The molecule has 2 atom stereocenters. The van der Waals surface area contributed by atoms with Crippen LogP contribution in [0, 0.1) is 11.8 Å². The topological polar surface area (TPSA) is 17.1 Å². The van der Waals surface area contributed by atoms with E-state index < -0.39 is 0 Å². The molecular formula is C9H12O. The van der Waals surface area contributed by atoms with Gasteiger partial charge >= 0.3 is 0 Å². The van der Waals surface area contributed by atoms with E-state index in [1.807, 2.05) is 6.08 Å². The molecule has 0 aromatic heterocycles. The molecule has 0 unspecified atom stereocenters. The molecule has 0 bridgehead atoms. The first-order chi connectivity index (χ1) is 4.88. The largest absolute Gasteiger partial charge is 0.303 e. The van der Waals surface area contributed by atoms with E-state index in [1.165, 1.54) is 0 Å². The molecule has 0 amide bonds. The van der Waals surface area contributed by atoms with Crippen LogP contribution in [0.4, 0.5) is 0 Å². The summed E-state index contributed by atoms with van der Waals surface area (Å²) >= 11 is 0. The molecule has 0 spiro atoms. The number of aldehydes is 1. The molecule has 0 aromatic carbocycles. The van der Waals surface area contributed by atoms with E-state index in [4.69, 9.17) is 0 Å². The number of hydrogen-bond acceptors (Lipinski definition) is 1. The van der Waals surface area contributed by atoms with E-state index in [9.17, 15) is 4.79 Å². The summed E-state index contributed by atoms with van der Waals surface area (Å²) in [6.45, 7) is 3.69. The molecule has 0 aromatic rings. The molecule has 1 nitrogen and oxygen atoms in total. The van der Waals surface area contributed by atoms with Crippen LogP contribution in [0.5, 0.6) is 0 Å². The Morgan fingerprint density at radius 3 is 2.30 bits per heavy atom. The summed E-state index contributed by atoms with van der Waals surface area (Å²) in [5, 5.41) is 0. The fourth-order valence-electron chi connectivity index (χ4n) is 1.28. The SMILES string of the molecule is C=C[C@H]1CC=CC[C@H]1C=O. The molecule has 1 rings (SSSR count). The Labute approximate surface area is 61.4 Å². The third kappa shape index (κ3) is 1.35. The van der Waals surface area contributed by atoms with Crippen molar-refractivity contribution in [3.63, 3.8) is 0 Å². The van der Waals surface area contributed by atoms with Gasteiger partial charge in [0, 0.05) is 5.92 Å². The third-order valence-electron chi connectivity index (χ3n) is 2.01. The average Bonchev–Trinajstić information content (AvgIpc) is 2.04. The third-order valence-corrected chi connectivity index (χ3v) is 2.01. The van der Waals surface area contributed by atoms with Gasteiger partial charge in [0.1, 0.15) is 6.29 Å². The van der Waals surface area contributed by atoms with E-state index in [1.54, 1.807) is 0 Å². The standard InChI is InChI=1S/C9H12O/c1-2-8-5-3-4-6-9(8)7-10/h2-4,7-9H,1,5-6H2/t8-,9-/m0/s1. The number of carbonyl (C=O) groups excluding carboxylic acids is 1. The van der Waals surface area contributed by atoms with Crippen LogP contribution >= 0.6 is 0 Å². The van der Waals surface area contributed by atoms with Crippen molar-refractivity contribution in [3.8, 4) is 0 Å². The predicted octanol–water partition coefficient (Wildman–Crippen LogP) is 1.95. The summed E-state index contributed by atoms with van der Waals surface area (Å²) in [5.74, 6) is 0.560. The van der Waals surface area contributed by atoms with Crippen molar-refractivity contribution in [3.05, 3.63) is 24.8 Å². The van der Waals surface area contributed by atoms with Crippen molar-refractivity contribution in [2.24, 2.45) is 11.8 Å². The molecule has 0 saturated heterocycles. The van der Waals surface area contributed by atoms with Gasteiger partial charge in [-0.3, -0.25) is 0 Å². The summed E-state index contributed by atoms with van der Waals surface area (Å²) in [6, 6.07) is 0. The lowest BCUT2D eigenvalue weighted by atomic mass is 9.84. The Balaban J connectivity index is 2.61.